The Morgan fingerprint density at radius 2 is 1.60 bits per heavy atom. The Kier molecular flexibility index (Phi) is 5.56. The average molecular weight is 405 g/mol. The highest BCUT2D eigenvalue weighted by Crippen LogP contribution is 2.22. The van der Waals surface area contributed by atoms with Gasteiger partial charge in [0.05, 0.1) is 24.3 Å². The van der Waals surface area contributed by atoms with E-state index in [0.29, 0.717) is 36.5 Å². The molecule has 1 aromatic heterocycles. The number of aryl methyl sites for hydroxylation is 3. The summed E-state index contributed by atoms with van der Waals surface area (Å²) >= 11 is 0. The fraction of sp³-hybridized carbons (Fsp3) is 0.318. The van der Waals surface area contributed by atoms with Crippen molar-refractivity contribution in [2.24, 2.45) is 0 Å². The highest BCUT2D eigenvalue weighted by Gasteiger charge is 2.34. The van der Waals surface area contributed by atoms with Crippen LogP contribution in [0.25, 0.3) is 0 Å². The third kappa shape index (κ3) is 4.22. The number of tetrazole rings is 1. The summed E-state index contributed by atoms with van der Waals surface area (Å²) in [5.41, 5.74) is 3.24. The van der Waals surface area contributed by atoms with Gasteiger partial charge in [-0.25, -0.2) is 0 Å². The molecule has 1 aliphatic heterocycles. The molecular formula is C22H23N5O3. The summed E-state index contributed by atoms with van der Waals surface area (Å²) < 4.78 is 5.79. The minimum atomic E-state index is -0.272. The van der Waals surface area contributed by atoms with Crippen LogP contribution in [-0.2, 0) is 13.0 Å². The molecule has 4 rings (SSSR count). The molecule has 0 fully saturated rings. The van der Waals surface area contributed by atoms with Crippen LogP contribution in [0.4, 0.5) is 0 Å². The maximum Gasteiger partial charge on any atom is 0.261 e. The van der Waals surface area contributed by atoms with E-state index in [1.165, 1.54) is 20.8 Å². The van der Waals surface area contributed by atoms with Crippen molar-refractivity contribution in [1.82, 2.24) is 25.1 Å². The second-order valence-corrected chi connectivity index (χ2v) is 7.38. The van der Waals surface area contributed by atoms with Crippen molar-refractivity contribution >= 4 is 11.8 Å². The number of fused-ring (bicyclic) bond motifs is 1. The number of nitrogens with zero attached hydrogens (tertiary/aromatic N) is 5. The number of benzene rings is 2. The lowest BCUT2D eigenvalue weighted by atomic mass is 10.1. The summed E-state index contributed by atoms with van der Waals surface area (Å²) in [5.74, 6) is 0.820. The first kappa shape index (κ1) is 19.8. The molecule has 0 N–H and O–H groups in total. The first-order valence-electron chi connectivity index (χ1n) is 9.94. The predicted octanol–water partition coefficient (Wildman–Crippen LogP) is 2.60. The van der Waals surface area contributed by atoms with Crippen molar-refractivity contribution in [2.45, 2.75) is 33.2 Å². The molecule has 1 aliphatic rings. The fourth-order valence-corrected chi connectivity index (χ4v) is 3.54. The van der Waals surface area contributed by atoms with E-state index in [0.717, 1.165) is 12.2 Å². The lowest BCUT2D eigenvalue weighted by Crippen LogP contribution is -2.32. The Bertz CT molecular complexity index is 1040. The first-order chi connectivity index (χ1) is 14.5. The second-order valence-electron chi connectivity index (χ2n) is 7.38. The summed E-state index contributed by atoms with van der Waals surface area (Å²) in [6, 6.07) is 13.0. The Morgan fingerprint density at radius 1 is 0.933 bits per heavy atom. The number of aromatic nitrogens is 4. The number of carbonyl (C=O) groups is 2. The Morgan fingerprint density at radius 3 is 2.27 bits per heavy atom. The van der Waals surface area contributed by atoms with Gasteiger partial charge in [-0.2, -0.15) is 4.80 Å². The van der Waals surface area contributed by atoms with E-state index in [-0.39, 0.29) is 18.4 Å². The summed E-state index contributed by atoms with van der Waals surface area (Å²) in [7, 11) is 0. The van der Waals surface area contributed by atoms with Crippen molar-refractivity contribution in [3.8, 4) is 5.75 Å². The minimum Gasteiger partial charge on any atom is -0.494 e. The molecule has 0 unspecified atom stereocenters. The topological polar surface area (TPSA) is 90.2 Å². The lowest BCUT2D eigenvalue weighted by Gasteiger charge is -2.11. The summed E-state index contributed by atoms with van der Waals surface area (Å²) in [4.78, 5) is 27.5. The molecule has 0 spiro atoms. The smallest absolute Gasteiger partial charge is 0.261 e. The van der Waals surface area contributed by atoms with Crippen LogP contribution in [0.2, 0.25) is 0 Å². The van der Waals surface area contributed by atoms with Gasteiger partial charge in [-0.15, -0.1) is 10.2 Å². The third-order valence-corrected chi connectivity index (χ3v) is 4.90. The minimum absolute atomic E-state index is 0.230. The van der Waals surface area contributed by atoms with Crippen molar-refractivity contribution in [3.05, 3.63) is 70.5 Å². The first-order valence-corrected chi connectivity index (χ1v) is 9.94. The van der Waals surface area contributed by atoms with Crippen LogP contribution in [0.3, 0.4) is 0 Å². The number of imide groups is 1. The molecule has 2 aromatic carbocycles. The third-order valence-electron chi connectivity index (χ3n) is 4.90. The summed E-state index contributed by atoms with van der Waals surface area (Å²) in [6.45, 7) is 5.44. The maximum atomic E-state index is 12.4. The Labute approximate surface area is 174 Å². The number of amides is 2. The molecule has 3 aromatic rings. The van der Waals surface area contributed by atoms with Crippen LogP contribution in [0.1, 0.15) is 44.1 Å². The van der Waals surface area contributed by atoms with E-state index >= 15 is 0 Å². The van der Waals surface area contributed by atoms with E-state index in [9.17, 15) is 9.59 Å². The molecule has 2 heterocycles. The van der Waals surface area contributed by atoms with Gasteiger partial charge in [0.2, 0.25) is 0 Å². The normalized spacial score (nSPS) is 13.1. The molecule has 0 saturated carbocycles. The SMILES string of the molecule is Cc1cc(C)cc(OCCCn2nnc(CCN3C(=O)c4ccccc4C3=O)n2)c1. The molecule has 154 valence electrons. The van der Waals surface area contributed by atoms with Gasteiger partial charge in [-0.1, -0.05) is 18.2 Å². The molecule has 0 aliphatic carbocycles. The summed E-state index contributed by atoms with van der Waals surface area (Å²) in [6.07, 6.45) is 1.10. The monoisotopic (exact) mass is 405 g/mol. The zero-order chi connectivity index (χ0) is 21.1. The van der Waals surface area contributed by atoms with Crippen LogP contribution in [0, 0.1) is 13.8 Å². The molecule has 8 nitrogen and oxygen atoms in total. The predicted molar refractivity (Wildman–Crippen MR) is 109 cm³/mol. The van der Waals surface area contributed by atoms with Crippen LogP contribution < -0.4 is 4.74 Å². The van der Waals surface area contributed by atoms with E-state index in [1.807, 2.05) is 26.0 Å². The van der Waals surface area contributed by atoms with E-state index < -0.39 is 0 Å². The number of ether oxygens (including phenoxy) is 1. The van der Waals surface area contributed by atoms with Gasteiger partial charge in [0.15, 0.2) is 5.82 Å². The quantitative estimate of drug-likeness (QED) is 0.423. The molecule has 0 radical (unpaired) electrons. The van der Waals surface area contributed by atoms with Crippen molar-refractivity contribution in [3.63, 3.8) is 0 Å². The number of carbonyl (C=O) groups excluding carboxylic acids is 2. The molecule has 30 heavy (non-hydrogen) atoms. The highest BCUT2D eigenvalue weighted by molar-refractivity contribution is 6.21. The van der Waals surface area contributed by atoms with Crippen LogP contribution in [-0.4, -0.2) is 50.1 Å². The zero-order valence-corrected chi connectivity index (χ0v) is 17.0. The Balaban J connectivity index is 1.25. The maximum absolute atomic E-state index is 12.4. The molecule has 0 atom stereocenters. The molecule has 8 heteroatoms. The van der Waals surface area contributed by atoms with Crippen molar-refractivity contribution in [2.75, 3.05) is 13.2 Å². The van der Waals surface area contributed by atoms with Crippen molar-refractivity contribution in [1.29, 1.82) is 0 Å². The van der Waals surface area contributed by atoms with Crippen LogP contribution >= 0.6 is 0 Å². The van der Waals surface area contributed by atoms with Crippen molar-refractivity contribution < 1.29 is 14.3 Å². The van der Waals surface area contributed by atoms with Crippen LogP contribution in [0.5, 0.6) is 5.75 Å². The second kappa shape index (κ2) is 8.44. The van der Waals surface area contributed by atoms with Crippen LogP contribution in [0.15, 0.2) is 42.5 Å². The fourth-order valence-electron chi connectivity index (χ4n) is 3.54. The number of hydrogen-bond acceptors (Lipinski definition) is 6. The molecule has 0 saturated heterocycles. The molecular weight excluding hydrogens is 382 g/mol. The van der Waals surface area contributed by atoms with E-state index in [1.54, 1.807) is 24.3 Å². The zero-order valence-electron chi connectivity index (χ0n) is 17.0. The van der Waals surface area contributed by atoms with Gasteiger partial charge < -0.3 is 4.74 Å². The largest absolute Gasteiger partial charge is 0.494 e. The van der Waals surface area contributed by atoms with Gasteiger partial charge in [0.1, 0.15) is 5.75 Å². The Hall–Kier alpha value is -3.55. The van der Waals surface area contributed by atoms with E-state index in [4.69, 9.17) is 4.74 Å². The standard InChI is InChI=1S/C22H23N5O3/c1-15-12-16(2)14-17(13-15)30-11-5-9-27-24-20(23-25-27)8-10-26-21(28)18-6-3-4-7-19(18)22(26)29/h3-4,6-7,12-14H,5,8-11H2,1-2H3. The number of rotatable bonds is 8. The van der Waals surface area contributed by atoms with Gasteiger partial charge in [0.25, 0.3) is 11.8 Å². The lowest BCUT2D eigenvalue weighted by molar-refractivity contribution is 0.0655. The van der Waals surface area contributed by atoms with Gasteiger partial charge >= 0.3 is 0 Å². The van der Waals surface area contributed by atoms with Gasteiger partial charge in [0, 0.05) is 19.4 Å². The average Bonchev–Trinajstić information content (AvgIpc) is 3.26. The van der Waals surface area contributed by atoms with Gasteiger partial charge in [-0.3, -0.25) is 14.5 Å². The highest BCUT2D eigenvalue weighted by atomic mass is 16.5. The summed E-state index contributed by atoms with van der Waals surface area (Å²) in [5, 5.41) is 12.4. The number of hydrogen-bond donors (Lipinski definition) is 0. The molecule has 2 amide bonds. The van der Waals surface area contributed by atoms with E-state index in [2.05, 4.69) is 21.5 Å². The molecule has 0 bridgehead atoms. The van der Waals surface area contributed by atoms with Gasteiger partial charge in [-0.05, 0) is 54.5 Å².